The van der Waals surface area contributed by atoms with Crippen LogP contribution in [-0.4, -0.2) is 17.4 Å². The highest BCUT2D eigenvalue weighted by Gasteiger charge is 2.39. The van der Waals surface area contributed by atoms with Gasteiger partial charge in [0.1, 0.15) is 5.56 Å². The van der Waals surface area contributed by atoms with Gasteiger partial charge in [0.15, 0.2) is 0 Å². The van der Waals surface area contributed by atoms with Gasteiger partial charge in [-0.2, -0.15) is 0 Å². The highest BCUT2D eigenvalue weighted by atomic mass is 79.9. The third-order valence-corrected chi connectivity index (χ3v) is 5.46. The first kappa shape index (κ1) is 17.9. The Morgan fingerprint density at radius 1 is 1.28 bits per heavy atom. The van der Waals surface area contributed by atoms with Crippen molar-refractivity contribution in [2.75, 3.05) is 6.54 Å². The first-order valence-corrected chi connectivity index (χ1v) is 9.07. The van der Waals surface area contributed by atoms with Gasteiger partial charge in [0.2, 0.25) is 0 Å². The molecule has 2 aromatic rings. The third kappa shape index (κ3) is 3.70. The molecule has 1 amide bonds. The Bertz CT molecular complexity index is 837. The number of hydrogen-bond donors (Lipinski definition) is 1. The average molecular weight is 424 g/mol. The Morgan fingerprint density at radius 2 is 2.04 bits per heavy atom. The van der Waals surface area contributed by atoms with Crippen molar-refractivity contribution >= 4 is 39.1 Å². The van der Waals surface area contributed by atoms with Gasteiger partial charge >= 0.3 is 0 Å². The summed E-state index contributed by atoms with van der Waals surface area (Å²) < 4.78 is 0.996. The van der Waals surface area contributed by atoms with Crippen molar-refractivity contribution < 1.29 is 9.72 Å². The van der Waals surface area contributed by atoms with E-state index in [2.05, 4.69) is 33.4 Å². The molecule has 3 rings (SSSR count). The van der Waals surface area contributed by atoms with E-state index in [4.69, 9.17) is 11.6 Å². The second-order valence-electron chi connectivity index (χ2n) is 6.25. The SMILES string of the molecule is O=C(NCC1(c2cccc(Br)c2)CCC1)c1ccc(Cl)cc1[N+](=O)[O-]. The molecule has 0 atom stereocenters. The standard InChI is InChI=1S/C18H16BrClN2O3/c19-13-4-1-3-12(9-13)18(7-2-8-18)11-21-17(23)15-6-5-14(20)10-16(15)22(24)25/h1,3-6,9-10H,2,7-8,11H2,(H,21,23). The lowest BCUT2D eigenvalue weighted by atomic mass is 9.64. The molecular weight excluding hydrogens is 408 g/mol. The molecule has 7 heteroatoms. The van der Waals surface area contributed by atoms with Crippen LogP contribution in [0.1, 0.15) is 35.2 Å². The minimum Gasteiger partial charge on any atom is -0.351 e. The minimum atomic E-state index is -0.589. The fraction of sp³-hybridized carbons (Fsp3) is 0.278. The zero-order valence-corrected chi connectivity index (χ0v) is 15.6. The average Bonchev–Trinajstić information content (AvgIpc) is 2.53. The number of benzene rings is 2. The molecule has 0 unspecified atom stereocenters. The maximum atomic E-state index is 12.5. The lowest BCUT2D eigenvalue weighted by Crippen LogP contribution is -2.45. The summed E-state index contributed by atoms with van der Waals surface area (Å²) in [6.07, 6.45) is 3.06. The quantitative estimate of drug-likeness (QED) is 0.551. The van der Waals surface area contributed by atoms with E-state index in [-0.39, 0.29) is 21.7 Å². The first-order chi connectivity index (χ1) is 11.9. The van der Waals surface area contributed by atoms with Crippen LogP contribution in [0.3, 0.4) is 0 Å². The Balaban J connectivity index is 1.79. The van der Waals surface area contributed by atoms with Gasteiger partial charge in [-0.3, -0.25) is 14.9 Å². The summed E-state index contributed by atoms with van der Waals surface area (Å²) in [7, 11) is 0. The molecular formula is C18H16BrClN2O3. The van der Waals surface area contributed by atoms with Gasteiger partial charge in [0, 0.05) is 27.5 Å². The van der Waals surface area contributed by atoms with Gasteiger partial charge in [0.25, 0.3) is 11.6 Å². The zero-order valence-electron chi connectivity index (χ0n) is 13.3. The predicted molar refractivity (Wildman–Crippen MR) is 100 cm³/mol. The number of nitro benzene ring substituents is 1. The van der Waals surface area contributed by atoms with Crippen molar-refractivity contribution in [3.8, 4) is 0 Å². The van der Waals surface area contributed by atoms with Crippen molar-refractivity contribution in [1.29, 1.82) is 0 Å². The number of amides is 1. The largest absolute Gasteiger partial charge is 0.351 e. The van der Waals surface area contributed by atoms with E-state index < -0.39 is 10.8 Å². The number of nitro groups is 1. The molecule has 0 aliphatic heterocycles. The van der Waals surface area contributed by atoms with E-state index in [0.717, 1.165) is 23.7 Å². The summed E-state index contributed by atoms with van der Waals surface area (Å²) in [5.74, 6) is -0.454. The van der Waals surface area contributed by atoms with Crippen molar-refractivity contribution in [2.24, 2.45) is 0 Å². The van der Waals surface area contributed by atoms with Crippen molar-refractivity contribution in [3.05, 3.63) is 73.2 Å². The molecule has 1 aliphatic rings. The molecule has 0 radical (unpaired) electrons. The van der Waals surface area contributed by atoms with Crippen LogP contribution in [0.15, 0.2) is 46.9 Å². The zero-order chi connectivity index (χ0) is 18.0. The molecule has 0 heterocycles. The summed E-state index contributed by atoms with van der Waals surface area (Å²) in [4.78, 5) is 23.1. The van der Waals surface area contributed by atoms with Crippen molar-refractivity contribution in [1.82, 2.24) is 5.32 Å². The fourth-order valence-electron chi connectivity index (χ4n) is 3.18. The Hall–Kier alpha value is -1.92. The van der Waals surface area contributed by atoms with Crippen molar-refractivity contribution in [2.45, 2.75) is 24.7 Å². The fourth-order valence-corrected chi connectivity index (χ4v) is 3.75. The van der Waals surface area contributed by atoms with Crippen molar-refractivity contribution in [3.63, 3.8) is 0 Å². The summed E-state index contributed by atoms with van der Waals surface area (Å²) in [6.45, 7) is 0.446. The van der Waals surface area contributed by atoms with Gasteiger partial charge < -0.3 is 5.32 Å². The second-order valence-corrected chi connectivity index (χ2v) is 7.60. The summed E-state index contributed by atoms with van der Waals surface area (Å²) >= 11 is 9.28. The number of carbonyl (C=O) groups excluding carboxylic acids is 1. The van der Waals surface area contributed by atoms with E-state index in [1.165, 1.54) is 23.8 Å². The number of nitrogens with one attached hydrogen (secondary N) is 1. The number of hydrogen-bond acceptors (Lipinski definition) is 3. The molecule has 0 aromatic heterocycles. The van der Waals surface area contributed by atoms with Crippen LogP contribution in [0, 0.1) is 10.1 Å². The Kier molecular flexibility index (Phi) is 5.11. The lowest BCUT2D eigenvalue weighted by Gasteiger charge is -2.42. The number of carbonyl (C=O) groups is 1. The second kappa shape index (κ2) is 7.14. The number of rotatable bonds is 5. The van der Waals surface area contributed by atoms with Gasteiger partial charge in [-0.1, -0.05) is 46.1 Å². The summed E-state index contributed by atoms with van der Waals surface area (Å²) in [6, 6.07) is 12.1. The highest BCUT2D eigenvalue weighted by Crippen LogP contribution is 2.43. The first-order valence-electron chi connectivity index (χ1n) is 7.89. The lowest BCUT2D eigenvalue weighted by molar-refractivity contribution is -0.385. The topological polar surface area (TPSA) is 72.2 Å². The van der Waals surface area contributed by atoms with Crippen LogP contribution in [0.2, 0.25) is 5.02 Å². The van der Waals surface area contributed by atoms with E-state index in [1.54, 1.807) is 0 Å². The van der Waals surface area contributed by atoms with E-state index in [9.17, 15) is 14.9 Å². The van der Waals surface area contributed by atoms with Gasteiger partial charge in [-0.25, -0.2) is 0 Å². The number of nitrogens with zero attached hydrogens (tertiary/aromatic N) is 1. The van der Waals surface area contributed by atoms with Crippen LogP contribution < -0.4 is 5.32 Å². The normalized spacial score (nSPS) is 15.3. The van der Waals surface area contributed by atoms with Crippen LogP contribution in [-0.2, 0) is 5.41 Å². The van der Waals surface area contributed by atoms with E-state index in [1.807, 2.05) is 12.1 Å². The molecule has 130 valence electrons. The monoisotopic (exact) mass is 422 g/mol. The summed E-state index contributed by atoms with van der Waals surface area (Å²) in [5, 5.41) is 14.3. The Labute approximate surface area is 158 Å². The smallest absolute Gasteiger partial charge is 0.283 e. The Morgan fingerprint density at radius 3 is 2.64 bits per heavy atom. The van der Waals surface area contributed by atoms with E-state index >= 15 is 0 Å². The van der Waals surface area contributed by atoms with Gasteiger partial charge in [-0.05, 0) is 42.7 Å². The molecule has 2 aromatic carbocycles. The molecule has 0 spiro atoms. The molecule has 1 fully saturated rings. The third-order valence-electron chi connectivity index (χ3n) is 4.74. The van der Waals surface area contributed by atoms with Crippen LogP contribution in [0.4, 0.5) is 5.69 Å². The van der Waals surface area contributed by atoms with Gasteiger partial charge in [-0.15, -0.1) is 0 Å². The van der Waals surface area contributed by atoms with Gasteiger partial charge in [0.05, 0.1) is 4.92 Å². The molecule has 25 heavy (non-hydrogen) atoms. The molecule has 1 saturated carbocycles. The molecule has 1 N–H and O–H groups in total. The molecule has 0 saturated heterocycles. The molecule has 0 bridgehead atoms. The predicted octanol–water partition coefficient (Wildman–Crippen LogP) is 4.86. The minimum absolute atomic E-state index is 0.0260. The van der Waals surface area contributed by atoms with Crippen LogP contribution >= 0.6 is 27.5 Å². The van der Waals surface area contributed by atoms with Crippen LogP contribution in [0.25, 0.3) is 0 Å². The summed E-state index contributed by atoms with van der Waals surface area (Å²) in [5.41, 5.74) is 0.799. The highest BCUT2D eigenvalue weighted by molar-refractivity contribution is 9.10. The molecule has 5 nitrogen and oxygen atoms in total. The van der Waals surface area contributed by atoms with E-state index in [0.29, 0.717) is 6.54 Å². The maximum Gasteiger partial charge on any atom is 0.283 e. The molecule has 1 aliphatic carbocycles. The maximum absolute atomic E-state index is 12.5. The van der Waals surface area contributed by atoms with Crippen LogP contribution in [0.5, 0.6) is 0 Å². The number of halogens is 2.